The molecule has 0 unspecified atom stereocenters. The molecule has 1 N–H and O–H groups in total. The highest BCUT2D eigenvalue weighted by atomic mass is 16.5. The first-order chi connectivity index (χ1) is 13.6. The molecular formula is C22H26N4O2. The zero-order valence-electron chi connectivity index (χ0n) is 16.2. The molecule has 0 bridgehead atoms. The quantitative estimate of drug-likeness (QED) is 0.705. The van der Waals surface area contributed by atoms with Crippen LogP contribution in [-0.4, -0.2) is 38.9 Å². The highest BCUT2D eigenvalue weighted by molar-refractivity contribution is 5.54. The van der Waals surface area contributed by atoms with Crippen LogP contribution in [0.5, 0.6) is 0 Å². The molecule has 4 rings (SSSR count). The topological polar surface area (TPSA) is 75.3 Å². The van der Waals surface area contributed by atoms with Gasteiger partial charge in [-0.15, -0.1) is 0 Å². The van der Waals surface area contributed by atoms with E-state index in [1.54, 1.807) is 6.20 Å². The molecule has 2 aromatic heterocycles. The van der Waals surface area contributed by atoms with Crippen molar-refractivity contribution in [3.8, 4) is 11.5 Å². The Labute approximate surface area is 165 Å². The number of β-amino-alcohol motifs (C(OH)–C–C–N with tert-alkyl or cyclic N) is 1. The molecule has 0 saturated carbocycles. The first-order valence-corrected chi connectivity index (χ1v) is 9.89. The van der Waals surface area contributed by atoms with Gasteiger partial charge in [0.1, 0.15) is 5.82 Å². The number of aryl methyl sites for hydroxylation is 2. The Bertz CT molecular complexity index is 890. The Morgan fingerprint density at radius 2 is 2.00 bits per heavy atom. The minimum Gasteiger partial charge on any atom is -0.388 e. The Balaban J connectivity index is 1.36. The molecule has 6 nitrogen and oxygen atoms in total. The van der Waals surface area contributed by atoms with Crippen LogP contribution in [0, 0.1) is 0 Å². The number of aromatic nitrogens is 3. The van der Waals surface area contributed by atoms with Crippen molar-refractivity contribution in [1.82, 2.24) is 15.1 Å². The van der Waals surface area contributed by atoms with Crippen molar-refractivity contribution in [2.24, 2.45) is 0 Å². The molecule has 0 aliphatic carbocycles. The maximum Gasteiger partial charge on any atom is 0.259 e. The molecule has 0 radical (unpaired) electrons. The van der Waals surface area contributed by atoms with Crippen molar-refractivity contribution in [2.75, 3.05) is 18.0 Å². The Kier molecular flexibility index (Phi) is 5.39. The molecular weight excluding hydrogens is 352 g/mol. The summed E-state index contributed by atoms with van der Waals surface area (Å²) in [4.78, 5) is 11.2. The molecule has 1 saturated heterocycles. The van der Waals surface area contributed by atoms with Crippen molar-refractivity contribution in [3.05, 3.63) is 60.0 Å². The molecule has 3 heterocycles. The molecule has 0 amide bonds. The minimum absolute atomic E-state index is 0.499. The molecule has 1 atom stereocenters. The maximum absolute atomic E-state index is 10.3. The van der Waals surface area contributed by atoms with E-state index in [4.69, 9.17) is 4.52 Å². The van der Waals surface area contributed by atoms with Crippen molar-refractivity contribution < 1.29 is 9.63 Å². The van der Waals surface area contributed by atoms with Crippen LogP contribution in [-0.2, 0) is 12.8 Å². The summed E-state index contributed by atoms with van der Waals surface area (Å²) in [6.45, 7) is 3.39. The summed E-state index contributed by atoms with van der Waals surface area (Å²) in [6, 6.07) is 14.3. The van der Waals surface area contributed by atoms with Crippen LogP contribution < -0.4 is 4.90 Å². The lowest BCUT2D eigenvalue weighted by atomic mass is 9.95. The molecule has 28 heavy (non-hydrogen) atoms. The van der Waals surface area contributed by atoms with Crippen LogP contribution >= 0.6 is 0 Å². The predicted molar refractivity (Wildman–Crippen MR) is 108 cm³/mol. The van der Waals surface area contributed by atoms with Gasteiger partial charge in [0.2, 0.25) is 0 Å². The van der Waals surface area contributed by atoms with Crippen LogP contribution in [0.2, 0.25) is 0 Å². The molecule has 3 aromatic rings. The summed E-state index contributed by atoms with van der Waals surface area (Å²) in [7, 11) is 0. The van der Waals surface area contributed by atoms with Gasteiger partial charge in [0, 0.05) is 25.7 Å². The number of pyridine rings is 1. The highest BCUT2D eigenvalue weighted by Gasteiger charge is 2.29. The lowest BCUT2D eigenvalue weighted by Gasteiger charge is -2.37. The zero-order valence-corrected chi connectivity index (χ0v) is 16.2. The molecule has 6 heteroatoms. The molecule has 0 spiro atoms. The van der Waals surface area contributed by atoms with E-state index in [1.807, 2.05) is 25.1 Å². The number of hydrogen-bond donors (Lipinski definition) is 1. The molecule has 146 valence electrons. The smallest absolute Gasteiger partial charge is 0.259 e. The van der Waals surface area contributed by atoms with E-state index in [9.17, 15) is 5.11 Å². The number of rotatable bonds is 6. The van der Waals surface area contributed by atoms with Crippen molar-refractivity contribution in [2.45, 2.75) is 44.6 Å². The van der Waals surface area contributed by atoms with Crippen LogP contribution in [0.15, 0.2) is 53.2 Å². The van der Waals surface area contributed by atoms with Gasteiger partial charge in [-0.05, 0) is 50.3 Å². The second kappa shape index (κ2) is 8.10. The third-order valence-corrected chi connectivity index (χ3v) is 5.17. The number of anilines is 1. The van der Waals surface area contributed by atoms with Gasteiger partial charge >= 0.3 is 0 Å². The predicted octanol–water partition coefficient (Wildman–Crippen LogP) is 3.66. The average molecular weight is 378 g/mol. The number of piperidine rings is 1. The van der Waals surface area contributed by atoms with Gasteiger partial charge < -0.3 is 14.5 Å². The van der Waals surface area contributed by atoms with Gasteiger partial charge in [-0.3, -0.25) is 0 Å². The minimum atomic E-state index is -0.653. The van der Waals surface area contributed by atoms with E-state index in [-0.39, 0.29) is 0 Å². The zero-order chi connectivity index (χ0) is 19.4. The van der Waals surface area contributed by atoms with Gasteiger partial charge in [0.05, 0.1) is 11.2 Å². The third-order valence-electron chi connectivity index (χ3n) is 5.17. The van der Waals surface area contributed by atoms with E-state index in [1.165, 1.54) is 5.56 Å². The van der Waals surface area contributed by atoms with Gasteiger partial charge in [-0.25, -0.2) is 4.98 Å². The number of benzene rings is 1. The first-order valence-electron chi connectivity index (χ1n) is 9.89. The van der Waals surface area contributed by atoms with Gasteiger partial charge in [0.25, 0.3) is 5.89 Å². The van der Waals surface area contributed by atoms with Gasteiger partial charge in [-0.1, -0.05) is 35.5 Å². The number of aliphatic hydroxyl groups is 1. The van der Waals surface area contributed by atoms with Crippen LogP contribution in [0.25, 0.3) is 11.5 Å². The fraction of sp³-hybridized carbons (Fsp3) is 0.409. The van der Waals surface area contributed by atoms with Crippen molar-refractivity contribution in [1.29, 1.82) is 0 Å². The molecule has 1 fully saturated rings. The normalized spacial score (nSPS) is 19.7. The monoisotopic (exact) mass is 378 g/mol. The maximum atomic E-state index is 10.3. The highest BCUT2D eigenvalue weighted by Crippen LogP contribution is 2.26. The van der Waals surface area contributed by atoms with E-state index < -0.39 is 5.60 Å². The molecule has 1 aliphatic heterocycles. The molecule has 1 aromatic carbocycles. The summed E-state index contributed by atoms with van der Waals surface area (Å²) in [5, 5.41) is 14.4. The fourth-order valence-electron chi connectivity index (χ4n) is 3.68. The second-order valence-electron chi connectivity index (χ2n) is 7.78. The lowest BCUT2D eigenvalue weighted by molar-refractivity contribution is 0.0447. The van der Waals surface area contributed by atoms with Crippen LogP contribution in [0.3, 0.4) is 0 Å². The summed E-state index contributed by atoms with van der Waals surface area (Å²) in [6.07, 6.45) is 6.32. The SMILES string of the molecule is C[C@]1(O)CCCN(c2ccc(-c3nc(CCCc4ccccc4)no3)cn2)C1. The molecule has 1 aliphatic rings. The largest absolute Gasteiger partial charge is 0.388 e. The van der Waals surface area contributed by atoms with E-state index in [2.05, 4.69) is 44.3 Å². The number of hydrogen-bond acceptors (Lipinski definition) is 6. The first kappa shape index (κ1) is 18.6. The van der Waals surface area contributed by atoms with Crippen molar-refractivity contribution >= 4 is 5.82 Å². The van der Waals surface area contributed by atoms with Crippen molar-refractivity contribution in [3.63, 3.8) is 0 Å². The van der Waals surface area contributed by atoms with Gasteiger partial charge in [0.15, 0.2) is 5.82 Å². The average Bonchev–Trinajstić information content (AvgIpc) is 3.17. The third kappa shape index (κ3) is 4.57. The van der Waals surface area contributed by atoms with Crippen LogP contribution in [0.1, 0.15) is 37.6 Å². The van der Waals surface area contributed by atoms with E-state index in [0.717, 1.165) is 55.9 Å². The van der Waals surface area contributed by atoms with Crippen LogP contribution in [0.4, 0.5) is 5.82 Å². The summed E-state index contributed by atoms with van der Waals surface area (Å²) in [5.74, 6) is 2.09. The fourth-order valence-corrected chi connectivity index (χ4v) is 3.68. The van der Waals surface area contributed by atoms with E-state index in [0.29, 0.717) is 12.4 Å². The Hall–Kier alpha value is -2.73. The summed E-state index contributed by atoms with van der Waals surface area (Å²) >= 11 is 0. The Morgan fingerprint density at radius 3 is 2.75 bits per heavy atom. The summed E-state index contributed by atoms with van der Waals surface area (Å²) in [5.41, 5.74) is 1.48. The lowest BCUT2D eigenvalue weighted by Crippen LogP contribution is -2.46. The van der Waals surface area contributed by atoms with E-state index >= 15 is 0 Å². The standard InChI is InChI=1S/C22H26N4O2/c1-22(27)13-6-14-26(16-22)20-12-11-18(15-23-20)21-24-19(25-28-21)10-5-9-17-7-3-2-4-8-17/h2-4,7-8,11-12,15,27H,5-6,9-10,13-14,16H2,1H3/t22-/m0/s1. The Morgan fingerprint density at radius 1 is 1.14 bits per heavy atom. The second-order valence-corrected chi connectivity index (χ2v) is 7.78. The number of nitrogens with zero attached hydrogens (tertiary/aromatic N) is 4. The van der Waals surface area contributed by atoms with Gasteiger partial charge in [-0.2, -0.15) is 4.98 Å². The summed E-state index contributed by atoms with van der Waals surface area (Å²) < 4.78 is 5.42.